The zero-order valence-electron chi connectivity index (χ0n) is 10.5. The molecule has 0 radical (unpaired) electrons. The smallest absolute Gasteiger partial charge is 0.165 e. The van der Waals surface area contributed by atoms with Gasteiger partial charge >= 0.3 is 0 Å². The highest BCUT2D eigenvalue weighted by Gasteiger charge is 2.30. The van der Waals surface area contributed by atoms with Crippen molar-refractivity contribution in [2.45, 2.75) is 32.2 Å². The molecule has 3 heteroatoms. The molecule has 1 saturated carbocycles. The molecule has 1 aromatic rings. The lowest BCUT2D eigenvalue weighted by atomic mass is 10.0. The number of likely N-dealkylation sites (N-methyl/N-ethyl adjacent to an activating group) is 1. The van der Waals surface area contributed by atoms with Gasteiger partial charge in [0.15, 0.2) is 11.6 Å². The lowest BCUT2D eigenvalue weighted by Gasteiger charge is -2.17. The maximum absolute atomic E-state index is 13.6. The van der Waals surface area contributed by atoms with Crippen LogP contribution < -0.4 is 10.1 Å². The highest BCUT2D eigenvalue weighted by Crippen LogP contribution is 2.34. The molecule has 17 heavy (non-hydrogen) atoms. The second-order valence-electron chi connectivity index (χ2n) is 4.67. The molecule has 2 nitrogen and oxygen atoms in total. The third kappa shape index (κ3) is 3.19. The van der Waals surface area contributed by atoms with E-state index in [1.54, 1.807) is 12.1 Å². The molecule has 1 fully saturated rings. The van der Waals surface area contributed by atoms with E-state index >= 15 is 0 Å². The molecule has 1 aliphatic carbocycles. The summed E-state index contributed by atoms with van der Waals surface area (Å²) in [6, 6.07) is 5.74. The number of halogens is 1. The standard InChI is InChI=1S/C14H20FNO/c1-3-16-13(11-5-6-11)9-10-4-7-14(17-2)12(15)8-10/h4,7-8,11,13,16H,3,5-6,9H2,1-2H3. The van der Waals surface area contributed by atoms with Gasteiger partial charge in [-0.1, -0.05) is 13.0 Å². The summed E-state index contributed by atoms with van der Waals surface area (Å²) in [6.45, 7) is 3.09. The van der Waals surface area contributed by atoms with Gasteiger partial charge in [-0.2, -0.15) is 0 Å². The summed E-state index contributed by atoms with van der Waals surface area (Å²) >= 11 is 0. The van der Waals surface area contributed by atoms with Gasteiger partial charge < -0.3 is 10.1 Å². The average Bonchev–Trinajstić information content (AvgIpc) is 3.12. The summed E-state index contributed by atoms with van der Waals surface area (Å²) in [4.78, 5) is 0. The molecule has 1 aromatic carbocycles. The van der Waals surface area contributed by atoms with Gasteiger partial charge in [0.1, 0.15) is 0 Å². The van der Waals surface area contributed by atoms with Crippen LogP contribution in [0.25, 0.3) is 0 Å². The van der Waals surface area contributed by atoms with Gasteiger partial charge in [-0.25, -0.2) is 4.39 Å². The van der Waals surface area contributed by atoms with Gasteiger partial charge in [-0.05, 0) is 49.4 Å². The first-order valence-corrected chi connectivity index (χ1v) is 6.30. The summed E-state index contributed by atoms with van der Waals surface area (Å²) < 4.78 is 18.5. The predicted octanol–water partition coefficient (Wildman–Crippen LogP) is 2.76. The van der Waals surface area contributed by atoms with E-state index in [4.69, 9.17) is 4.74 Å². The molecule has 2 rings (SSSR count). The van der Waals surface area contributed by atoms with Gasteiger partial charge in [0.2, 0.25) is 0 Å². The van der Waals surface area contributed by atoms with Crippen molar-refractivity contribution in [3.63, 3.8) is 0 Å². The highest BCUT2D eigenvalue weighted by molar-refractivity contribution is 5.29. The van der Waals surface area contributed by atoms with Crippen molar-refractivity contribution in [3.05, 3.63) is 29.6 Å². The van der Waals surface area contributed by atoms with Crippen molar-refractivity contribution in [3.8, 4) is 5.75 Å². The average molecular weight is 237 g/mol. The Bertz CT molecular complexity index is 376. The first kappa shape index (κ1) is 12.4. The van der Waals surface area contributed by atoms with Crippen molar-refractivity contribution in [1.82, 2.24) is 5.32 Å². The van der Waals surface area contributed by atoms with Crippen molar-refractivity contribution in [2.75, 3.05) is 13.7 Å². The van der Waals surface area contributed by atoms with E-state index < -0.39 is 0 Å². The van der Waals surface area contributed by atoms with Crippen LogP contribution in [0.3, 0.4) is 0 Å². The van der Waals surface area contributed by atoms with E-state index in [-0.39, 0.29) is 5.82 Å². The second-order valence-corrected chi connectivity index (χ2v) is 4.67. The van der Waals surface area contributed by atoms with E-state index in [2.05, 4.69) is 12.2 Å². The molecule has 0 saturated heterocycles. The SMILES string of the molecule is CCNC(Cc1ccc(OC)c(F)c1)C1CC1. The Morgan fingerprint density at radius 3 is 2.76 bits per heavy atom. The van der Waals surface area contributed by atoms with Crippen molar-refractivity contribution in [1.29, 1.82) is 0 Å². The van der Waals surface area contributed by atoms with Gasteiger partial charge in [-0.15, -0.1) is 0 Å². The van der Waals surface area contributed by atoms with Gasteiger partial charge in [0.05, 0.1) is 7.11 Å². The molecular formula is C14H20FNO. The van der Waals surface area contributed by atoms with Crippen LogP contribution in [-0.4, -0.2) is 19.7 Å². The van der Waals surface area contributed by atoms with E-state index in [1.165, 1.54) is 20.0 Å². The summed E-state index contributed by atoms with van der Waals surface area (Å²) in [5.74, 6) is 0.830. The Balaban J connectivity index is 2.03. The largest absolute Gasteiger partial charge is 0.494 e. The molecule has 0 aromatic heterocycles. The number of nitrogens with one attached hydrogen (secondary N) is 1. The van der Waals surface area contributed by atoms with Crippen LogP contribution in [0.4, 0.5) is 4.39 Å². The Morgan fingerprint density at radius 2 is 2.24 bits per heavy atom. The van der Waals surface area contributed by atoms with E-state index in [9.17, 15) is 4.39 Å². The molecule has 1 unspecified atom stereocenters. The number of hydrogen-bond donors (Lipinski definition) is 1. The molecule has 0 heterocycles. The molecule has 0 bridgehead atoms. The fourth-order valence-corrected chi connectivity index (χ4v) is 2.26. The lowest BCUT2D eigenvalue weighted by Crippen LogP contribution is -2.32. The van der Waals surface area contributed by atoms with Crippen LogP contribution >= 0.6 is 0 Å². The van der Waals surface area contributed by atoms with E-state index in [1.807, 2.05) is 6.07 Å². The molecule has 0 amide bonds. The number of ether oxygens (including phenoxy) is 1. The first-order chi connectivity index (χ1) is 8.24. The van der Waals surface area contributed by atoms with E-state index in [0.29, 0.717) is 11.8 Å². The molecule has 94 valence electrons. The van der Waals surface area contributed by atoms with Gasteiger partial charge in [-0.3, -0.25) is 0 Å². The zero-order chi connectivity index (χ0) is 12.3. The number of hydrogen-bond acceptors (Lipinski definition) is 2. The second kappa shape index (κ2) is 5.50. The monoisotopic (exact) mass is 237 g/mol. The van der Waals surface area contributed by atoms with Crippen LogP contribution in [0, 0.1) is 11.7 Å². The molecule has 0 spiro atoms. The maximum Gasteiger partial charge on any atom is 0.165 e. The minimum absolute atomic E-state index is 0.268. The first-order valence-electron chi connectivity index (χ1n) is 6.30. The Labute approximate surface area is 102 Å². The highest BCUT2D eigenvalue weighted by atomic mass is 19.1. The lowest BCUT2D eigenvalue weighted by molar-refractivity contribution is 0.385. The summed E-state index contributed by atoms with van der Waals surface area (Å²) in [7, 11) is 1.49. The normalized spacial score (nSPS) is 16.9. The Morgan fingerprint density at radius 1 is 1.47 bits per heavy atom. The van der Waals surface area contributed by atoms with Crippen LogP contribution in [-0.2, 0) is 6.42 Å². The number of methoxy groups -OCH3 is 1. The maximum atomic E-state index is 13.6. The molecule has 1 atom stereocenters. The topological polar surface area (TPSA) is 21.3 Å². The Kier molecular flexibility index (Phi) is 4.00. The molecule has 1 N–H and O–H groups in total. The van der Waals surface area contributed by atoms with Crippen LogP contribution in [0.2, 0.25) is 0 Å². The molecular weight excluding hydrogens is 217 g/mol. The number of rotatable bonds is 6. The zero-order valence-corrected chi connectivity index (χ0v) is 10.5. The number of benzene rings is 1. The third-order valence-corrected chi connectivity index (χ3v) is 3.33. The summed E-state index contributed by atoms with van der Waals surface area (Å²) in [5.41, 5.74) is 1.04. The minimum Gasteiger partial charge on any atom is -0.494 e. The summed E-state index contributed by atoms with van der Waals surface area (Å²) in [6.07, 6.45) is 3.51. The Hall–Kier alpha value is -1.09. The fourth-order valence-electron chi connectivity index (χ4n) is 2.26. The van der Waals surface area contributed by atoms with Crippen molar-refractivity contribution in [2.24, 2.45) is 5.92 Å². The minimum atomic E-state index is -0.268. The predicted molar refractivity (Wildman–Crippen MR) is 66.8 cm³/mol. The summed E-state index contributed by atoms with van der Waals surface area (Å²) in [5, 5.41) is 3.49. The van der Waals surface area contributed by atoms with Gasteiger partial charge in [0, 0.05) is 6.04 Å². The van der Waals surface area contributed by atoms with Crippen LogP contribution in [0.5, 0.6) is 5.75 Å². The van der Waals surface area contributed by atoms with Gasteiger partial charge in [0.25, 0.3) is 0 Å². The molecule has 0 aliphatic heterocycles. The quantitative estimate of drug-likeness (QED) is 0.821. The molecule has 1 aliphatic rings. The fraction of sp³-hybridized carbons (Fsp3) is 0.571. The van der Waals surface area contributed by atoms with Crippen molar-refractivity contribution < 1.29 is 9.13 Å². The van der Waals surface area contributed by atoms with Crippen LogP contribution in [0.1, 0.15) is 25.3 Å². The van der Waals surface area contributed by atoms with E-state index in [0.717, 1.165) is 24.4 Å². The van der Waals surface area contributed by atoms with Crippen LogP contribution in [0.15, 0.2) is 18.2 Å². The van der Waals surface area contributed by atoms with Crippen molar-refractivity contribution >= 4 is 0 Å². The third-order valence-electron chi connectivity index (χ3n) is 3.33.